The fourth-order valence-electron chi connectivity index (χ4n) is 2.17. The highest BCUT2D eigenvalue weighted by molar-refractivity contribution is 7.89. The molecule has 2 rings (SSSR count). The summed E-state index contributed by atoms with van der Waals surface area (Å²) in [6.07, 6.45) is 3.18. The molecule has 0 aliphatic carbocycles. The van der Waals surface area contributed by atoms with Crippen molar-refractivity contribution in [2.24, 2.45) is 11.1 Å². The van der Waals surface area contributed by atoms with Crippen LogP contribution in [0.25, 0.3) is 0 Å². The Morgan fingerprint density at radius 3 is 2.42 bits per heavy atom. The first-order valence-electron chi connectivity index (χ1n) is 6.50. The summed E-state index contributed by atoms with van der Waals surface area (Å²) >= 11 is 0. The largest absolute Gasteiger partial charge is 0.325 e. The van der Waals surface area contributed by atoms with Gasteiger partial charge in [-0.1, -0.05) is 13.8 Å². The van der Waals surface area contributed by atoms with Gasteiger partial charge in [0.2, 0.25) is 10.0 Å². The molecule has 6 heteroatoms. The zero-order valence-corrected chi connectivity index (χ0v) is 12.3. The number of nitrogens with zero attached hydrogens (tertiary/aromatic N) is 2. The lowest BCUT2D eigenvalue weighted by molar-refractivity contribution is 0.196. The van der Waals surface area contributed by atoms with E-state index in [2.05, 4.69) is 18.8 Å². The second-order valence-electron chi connectivity index (χ2n) is 5.76. The van der Waals surface area contributed by atoms with Crippen molar-refractivity contribution in [3.8, 4) is 0 Å². The van der Waals surface area contributed by atoms with E-state index in [1.54, 1.807) is 16.4 Å². The van der Waals surface area contributed by atoms with Gasteiger partial charge in [0.15, 0.2) is 0 Å². The van der Waals surface area contributed by atoms with Crippen molar-refractivity contribution in [3.63, 3.8) is 0 Å². The Kier molecular flexibility index (Phi) is 3.94. The van der Waals surface area contributed by atoms with Crippen molar-refractivity contribution >= 4 is 10.0 Å². The highest BCUT2D eigenvalue weighted by Gasteiger charge is 2.32. The minimum Gasteiger partial charge on any atom is -0.325 e. The number of nitrogens with two attached hydrogens (primary N) is 1. The molecule has 0 aromatic carbocycles. The monoisotopic (exact) mass is 283 g/mol. The van der Waals surface area contributed by atoms with Crippen molar-refractivity contribution in [2.45, 2.75) is 38.1 Å². The Labute approximate surface area is 114 Å². The second kappa shape index (κ2) is 5.19. The van der Waals surface area contributed by atoms with Crippen molar-refractivity contribution in [2.75, 3.05) is 13.1 Å². The van der Waals surface area contributed by atoms with E-state index in [0.29, 0.717) is 25.3 Å². The molecule has 0 atom stereocenters. The van der Waals surface area contributed by atoms with Gasteiger partial charge in [0, 0.05) is 25.8 Å². The van der Waals surface area contributed by atoms with Crippen molar-refractivity contribution < 1.29 is 8.42 Å². The molecule has 0 radical (unpaired) electrons. The van der Waals surface area contributed by atoms with E-state index in [1.165, 1.54) is 6.20 Å². The smallest absolute Gasteiger partial charge is 0.244 e. The van der Waals surface area contributed by atoms with Gasteiger partial charge >= 0.3 is 0 Å². The minimum atomic E-state index is -3.41. The van der Waals surface area contributed by atoms with Crippen LogP contribution in [0.3, 0.4) is 0 Å². The zero-order valence-electron chi connectivity index (χ0n) is 11.5. The molecule has 5 nitrogen and oxygen atoms in total. The molecular weight excluding hydrogens is 262 g/mol. The molecule has 1 aliphatic rings. The number of hydrogen-bond donors (Lipinski definition) is 1. The van der Waals surface area contributed by atoms with Crippen molar-refractivity contribution in [1.82, 2.24) is 9.29 Å². The highest BCUT2D eigenvalue weighted by Crippen LogP contribution is 2.32. The second-order valence-corrected chi connectivity index (χ2v) is 7.70. The van der Waals surface area contributed by atoms with Gasteiger partial charge in [-0.15, -0.1) is 0 Å². The Balaban J connectivity index is 2.18. The SMILES string of the molecule is CC1(C)CCN(S(=O)(=O)c2ccc(CN)nc2)CC1. The standard InChI is InChI=1S/C13H21N3O2S/c1-13(2)5-7-16(8-6-13)19(17,18)12-4-3-11(9-14)15-10-12/h3-4,10H,5-9,14H2,1-2H3. The van der Waals surface area contributed by atoms with Crippen LogP contribution in [0.1, 0.15) is 32.4 Å². The molecule has 0 amide bonds. The fraction of sp³-hybridized carbons (Fsp3) is 0.615. The molecule has 19 heavy (non-hydrogen) atoms. The molecule has 0 saturated carbocycles. The molecule has 0 bridgehead atoms. The molecule has 0 unspecified atom stereocenters. The summed E-state index contributed by atoms with van der Waals surface area (Å²) in [6.45, 7) is 5.82. The molecule has 0 spiro atoms. The fourth-order valence-corrected chi connectivity index (χ4v) is 3.55. The van der Waals surface area contributed by atoms with Gasteiger partial charge in [0.25, 0.3) is 0 Å². The first kappa shape index (κ1) is 14.4. The summed E-state index contributed by atoms with van der Waals surface area (Å²) in [6, 6.07) is 3.26. The van der Waals surface area contributed by atoms with Gasteiger partial charge in [-0.2, -0.15) is 4.31 Å². The zero-order chi connectivity index (χ0) is 14.1. The minimum absolute atomic E-state index is 0.230. The summed E-state index contributed by atoms with van der Waals surface area (Å²) in [5, 5.41) is 0. The molecule has 2 heterocycles. The van der Waals surface area contributed by atoms with E-state index in [9.17, 15) is 8.42 Å². The molecular formula is C13H21N3O2S. The maximum atomic E-state index is 12.5. The molecule has 1 fully saturated rings. The predicted octanol–water partition coefficient (Wildman–Crippen LogP) is 1.35. The van der Waals surface area contributed by atoms with E-state index in [0.717, 1.165) is 12.8 Å². The number of hydrogen-bond acceptors (Lipinski definition) is 4. The molecule has 106 valence electrons. The maximum absolute atomic E-state index is 12.5. The molecule has 1 aliphatic heterocycles. The van der Waals surface area contributed by atoms with Gasteiger partial charge < -0.3 is 5.73 Å². The third kappa shape index (κ3) is 3.13. The predicted molar refractivity (Wildman–Crippen MR) is 73.9 cm³/mol. The van der Waals surface area contributed by atoms with Gasteiger partial charge in [-0.3, -0.25) is 4.98 Å². The molecule has 1 aromatic rings. The Morgan fingerprint density at radius 2 is 1.95 bits per heavy atom. The van der Waals surface area contributed by atoms with Gasteiger partial charge in [0.1, 0.15) is 4.90 Å². The van der Waals surface area contributed by atoms with Crippen LogP contribution in [0.4, 0.5) is 0 Å². The van der Waals surface area contributed by atoms with Crippen LogP contribution < -0.4 is 5.73 Å². The van der Waals surface area contributed by atoms with E-state index in [-0.39, 0.29) is 10.3 Å². The average molecular weight is 283 g/mol. The normalized spacial score (nSPS) is 20.4. The third-order valence-corrected chi connectivity index (χ3v) is 5.60. The molecule has 1 saturated heterocycles. The van der Waals surface area contributed by atoms with Crippen LogP contribution in [0.5, 0.6) is 0 Å². The number of rotatable bonds is 3. The number of pyridine rings is 1. The van der Waals surface area contributed by atoms with Crippen LogP contribution in [-0.2, 0) is 16.6 Å². The summed E-state index contributed by atoms with van der Waals surface area (Å²) in [5.74, 6) is 0. The lowest BCUT2D eigenvalue weighted by Gasteiger charge is -2.36. The lowest BCUT2D eigenvalue weighted by Crippen LogP contribution is -2.41. The van der Waals surface area contributed by atoms with E-state index in [4.69, 9.17) is 5.73 Å². The number of aromatic nitrogens is 1. The van der Waals surface area contributed by atoms with E-state index in [1.807, 2.05) is 0 Å². The first-order valence-corrected chi connectivity index (χ1v) is 7.94. The van der Waals surface area contributed by atoms with Crippen LogP contribution >= 0.6 is 0 Å². The van der Waals surface area contributed by atoms with Gasteiger partial charge in [0.05, 0.1) is 5.69 Å². The Bertz CT molecular complexity index is 528. The average Bonchev–Trinajstić information content (AvgIpc) is 2.38. The van der Waals surface area contributed by atoms with Gasteiger partial charge in [-0.05, 0) is 30.4 Å². The van der Waals surface area contributed by atoms with Crippen molar-refractivity contribution in [3.05, 3.63) is 24.0 Å². The first-order chi connectivity index (χ1) is 8.85. The highest BCUT2D eigenvalue weighted by atomic mass is 32.2. The van der Waals surface area contributed by atoms with E-state index >= 15 is 0 Å². The number of piperidine rings is 1. The maximum Gasteiger partial charge on any atom is 0.244 e. The third-order valence-electron chi connectivity index (χ3n) is 3.72. The van der Waals surface area contributed by atoms with Crippen molar-refractivity contribution in [1.29, 1.82) is 0 Å². The van der Waals surface area contributed by atoms with Crippen LogP contribution in [0.2, 0.25) is 0 Å². The lowest BCUT2D eigenvalue weighted by atomic mass is 9.83. The summed E-state index contributed by atoms with van der Waals surface area (Å²) in [5.41, 5.74) is 6.38. The summed E-state index contributed by atoms with van der Waals surface area (Å²) in [4.78, 5) is 4.31. The van der Waals surface area contributed by atoms with Crippen LogP contribution in [-0.4, -0.2) is 30.8 Å². The molecule has 1 aromatic heterocycles. The Morgan fingerprint density at radius 1 is 1.32 bits per heavy atom. The summed E-state index contributed by atoms with van der Waals surface area (Å²) in [7, 11) is -3.41. The molecule has 2 N–H and O–H groups in total. The topological polar surface area (TPSA) is 76.3 Å². The van der Waals surface area contributed by atoms with Crippen LogP contribution in [0.15, 0.2) is 23.2 Å². The summed E-state index contributed by atoms with van der Waals surface area (Å²) < 4.78 is 26.5. The quantitative estimate of drug-likeness (QED) is 0.908. The van der Waals surface area contributed by atoms with Crippen LogP contribution in [0, 0.1) is 5.41 Å². The van der Waals surface area contributed by atoms with Gasteiger partial charge in [-0.25, -0.2) is 8.42 Å². The Hall–Kier alpha value is -0.980. The van der Waals surface area contributed by atoms with E-state index < -0.39 is 10.0 Å². The number of sulfonamides is 1.